The minimum atomic E-state index is -0.378. The van der Waals surface area contributed by atoms with Crippen molar-refractivity contribution in [3.8, 4) is 11.4 Å². The molecule has 0 radical (unpaired) electrons. The van der Waals surface area contributed by atoms with Crippen LogP contribution in [0.15, 0.2) is 30.7 Å². The van der Waals surface area contributed by atoms with Gasteiger partial charge in [0.25, 0.3) is 0 Å². The third-order valence-corrected chi connectivity index (χ3v) is 2.62. The van der Waals surface area contributed by atoms with Gasteiger partial charge in [-0.2, -0.15) is 0 Å². The molecule has 0 unspecified atom stereocenters. The van der Waals surface area contributed by atoms with Crippen LogP contribution in [0.4, 0.5) is 0 Å². The van der Waals surface area contributed by atoms with Gasteiger partial charge in [-0.15, -0.1) is 0 Å². The number of hydrogen-bond donors (Lipinski definition) is 0. The Hall–Kier alpha value is -2.30. The number of carbonyl (C=O) groups excluding carboxylic acids is 1. The molecule has 0 aliphatic carbocycles. The van der Waals surface area contributed by atoms with E-state index in [0.29, 0.717) is 30.1 Å². The van der Waals surface area contributed by atoms with Crippen LogP contribution in [-0.2, 0) is 11.2 Å². The van der Waals surface area contributed by atoms with Crippen LogP contribution in [-0.4, -0.2) is 27.5 Å². The van der Waals surface area contributed by atoms with E-state index in [4.69, 9.17) is 4.74 Å². The third-order valence-electron chi connectivity index (χ3n) is 2.62. The first-order valence-electron chi connectivity index (χ1n) is 6.19. The van der Waals surface area contributed by atoms with Crippen molar-refractivity contribution < 1.29 is 9.53 Å². The number of esters is 1. The molecule has 0 saturated heterocycles. The molecule has 2 rings (SSSR count). The second-order valence-electron chi connectivity index (χ2n) is 3.87. The fourth-order valence-electron chi connectivity index (χ4n) is 1.70. The fraction of sp³-hybridized carbons (Fsp3) is 0.286. The standard InChI is InChI=1S/C14H15N3O2/c1-3-12-11(14(18)19-4-2)9-16-13(17-12)10-6-5-7-15-8-10/h5-9H,3-4H2,1-2H3. The molecular weight excluding hydrogens is 242 g/mol. The zero-order valence-corrected chi connectivity index (χ0v) is 11.0. The van der Waals surface area contributed by atoms with Gasteiger partial charge in [0, 0.05) is 24.2 Å². The van der Waals surface area contributed by atoms with Crippen molar-refractivity contribution in [2.45, 2.75) is 20.3 Å². The maximum Gasteiger partial charge on any atom is 0.341 e. The number of pyridine rings is 1. The molecule has 0 amide bonds. The molecule has 0 N–H and O–H groups in total. The summed E-state index contributed by atoms with van der Waals surface area (Å²) in [6.07, 6.45) is 5.55. The molecule has 0 bridgehead atoms. The minimum Gasteiger partial charge on any atom is -0.462 e. The lowest BCUT2D eigenvalue weighted by Crippen LogP contribution is -2.11. The maximum atomic E-state index is 11.8. The molecule has 0 aromatic carbocycles. The van der Waals surface area contributed by atoms with Gasteiger partial charge in [0.2, 0.25) is 0 Å². The molecule has 0 aliphatic rings. The zero-order valence-electron chi connectivity index (χ0n) is 11.0. The molecule has 2 aromatic rings. The van der Waals surface area contributed by atoms with Gasteiger partial charge < -0.3 is 4.74 Å². The summed E-state index contributed by atoms with van der Waals surface area (Å²) in [6, 6.07) is 3.70. The predicted octanol–water partition coefficient (Wildman–Crippen LogP) is 2.28. The molecule has 0 saturated carbocycles. The highest BCUT2D eigenvalue weighted by Crippen LogP contribution is 2.16. The van der Waals surface area contributed by atoms with E-state index in [9.17, 15) is 4.79 Å². The van der Waals surface area contributed by atoms with E-state index in [1.165, 1.54) is 6.20 Å². The van der Waals surface area contributed by atoms with Crippen molar-refractivity contribution in [1.29, 1.82) is 0 Å². The first-order chi connectivity index (χ1) is 9.26. The molecule has 98 valence electrons. The summed E-state index contributed by atoms with van der Waals surface area (Å²) in [5.74, 6) is 0.190. The lowest BCUT2D eigenvalue weighted by Gasteiger charge is -2.07. The van der Waals surface area contributed by atoms with Crippen LogP contribution in [0.2, 0.25) is 0 Å². The van der Waals surface area contributed by atoms with Gasteiger partial charge in [-0.3, -0.25) is 4.98 Å². The highest BCUT2D eigenvalue weighted by molar-refractivity contribution is 5.90. The predicted molar refractivity (Wildman–Crippen MR) is 70.6 cm³/mol. The van der Waals surface area contributed by atoms with E-state index in [1.807, 2.05) is 19.1 Å². The van der Waals surface area contributed by atoms with Crippen LogP contribution in [0.3, 0.4) is 0 Å². The molecule has 19 heavy (non-hydrogen) atoms. The monoisotopic (exact) mass is 257 g/mol. The summed E-state index contributed by atoms with van der Waals surface area (Å²) < 4.78 is 4.98. The normalized spacial score (nSPS) is 10.2. The van der Waals surface area contributed by atoms with Crippen molar-refractivity contribution in [1.82, 2.24) is 15.0 Å². The van der Waals surface area contributed by atoms with Gasteiger partial charge >= 0.3 is 5.97 Å². The molecule has 0 atom stereocenters. The van der Waals surface area contributed by atoms with E-state index >= 15 is 0 Å². The first kappa shape index (κ1) is 13.1. The van der Waals surface area contributed by atoms with Gasteiger partial charge in [-0.25, -0.2) is 14.8 Å². The van der Waals surface area contributed by atoms with Crippen LogP contribution >= 0.6 is 0 Å². The average molecular weight is 257 g/mol. The summed E-state index contributed by atoms with van der Waals surface area (Å²) in [6.45, 7) is 4.05. The number of rotatable bonds is 4. The Morgan fingerprint density at radius 2 is 2.16 bits per heavy atom. The van der Waals surface area contributed by atoms with Gasteiger partial charge in [-0.1, -0.05) is 6.92 Å². The molecule has 2 aromatic heterocycles. The molecule has 0 aliphatic heterocycles. The van der Waals surface area contributed by atoms with Gasteiger partial charge in [0.1, 0.15) is 0 Å². The highest BCUT2D eigenvalue weighted by Gasteiger charge is 2.15. The number of aromatic nitrogens is 3. The Kier molecular flexibility index (Phi) is 4.18. The van der Waals surface area contributed by atoms with Crippen molar-refractivity contribution >= 4 is 5.97 Å². The maximum absolute atomic E-state index is 11.8. The van der Waals surface area contributed by atoms with E-state index in [2.05, 4.69) is 15.0 Å². The van der Waals surface area contributed by atoms with Crippen molar-refractivity contribution in [3.05, 3.63) is 42.0 Å². The van der Waals surface area contributed by atoms with Crippen molar-refractivity contribution in [2.24, 2.45) is 0 Å². The number of nitrogens with zero attached hydrogens (tertiary/aromatic N) is 3. The second kappa shape index (κ2) is 6.04. The minimum absolute atomic E-state index is 0.340. The SMILES string of the molecule is CCOC(=O)c1cnc(-c2cccnc2)nc1CC. The van der Waals surface area contributed by atoms with Crippen molar-refractivity contribution in [2.75, 3.05) is 6.61 Å². The Bertz CT molecular complexity index is 570. The quantitative estimate of drug-likeness (QED) is 0.786. The van der Waals surface area contributed by atoms with Crippen LogP contribution in [0.5, 0.6) is 0 Å². The van der Waals surface area contributed by atoms with Crippen LogP contribution in [0, 0.1) is 0 Å². The van der Waals surface area contributed by atoms with E-state index in [-0.39, 0.29) is 5.97 Å². The summed E-state index contributed by atoms with van der Waals surface area (Å²) in [5, 5.41) is 0. The average Bonchev–Trinajstić information content (AvgIpc) is 2.47. The molecular formula is C14H15N3O2. The Labute approximate surface area is 111 Å². The number of hydrogen-bond acceptors (Lipinski definition) is 5. The van der Waals surface area contributed by atoms with Gasteiger partial charge in [0.05, 0.1) is 17.9 Å². The Morgan fingerprint density at radius 1 is 1.32 bits per heavy atom. The van der Waals surface area contributed by atoms with Crippen LogP contribution in [0.1, 0.15) is 29.9 Å². The zero-order chi connectivity index (χ0) is 13.7. The first-order valence-corrected chi connectivity index (χ1v) is 6.19. The second-order valence-corrected chi connectivity index (χ2v) is 3.87. The summed E-state index contributed by atoms with van der Waals surface area (Å²) in [4.78, 5) is 24.4. The summed E-state index contributed by atoms with van der Waals surface area (Å²) in [7, 11) is 0. The van der Waals surface area contributed by atoms with Gasteiger partial charge in [0.15, 0.2) is 5.82 Å². The van der Waals surface area contributed by atoms with E-state index in [1.54, 1.807) is 19.3 Å². The number of carbonyl (C=O) groups is 1. The number of ether oxygens (including phenoxy) is 1. The number of aryl methyl sites for hydroxylation is 1. The Morgan fingerprint density at radius 3 is 2.79 bits per heavy atom. The van der Waals surface area contributed by atoms with Crippen LogP contribution < -0.4 is 0 Å². The lowest BCUT2D eigenvalue weighted by atomic mass is 10.1. The Balaban J connectivity index is 2.39. The summed E-state index contributed by atoms with van der Waals surface area (Å²) >= 11 is 0. The molecule has 0 fully saturated rings. The third kappa shape index (κ3) is 2.93. The molecule has 5 nitrogen and oxygen atoms in total. The van der Waals surface area contributed by atoms with Crippen LogP contribution in [0.25, 0.3) is 11.4 Å². The van der Waals surface area contributed by atoms with Gasteiger partial charge in [-0.05, 0) is 25.5 Å². The molecule has 2 heterocycles. The highest BCUT2D eigenvalue weighted by atomic mass is 16.5. The fourth-order valence-corrected chi connectivity index (χ4v) is 1.70. The van der Waals surface area contributed by atoms with E-state index in [0.717, 1.165) is 5.56 Å². The van der Waals surface area contributed by atoms with Crippen molar-refractivity contribution in [3.63, 3.8) is 0 Å². The summed E-state index contributed by atoms with van der Waals surface area (Å²) in [5.41, 5.74) is 1.94. The van der Waals surface area contributed by atoms with E-state index < -0.39 is 0 Å². The molecule has 0 spiro atoms. The topological polar surface area (TPSA) is 65.0 Å². The lowest BCUT2D eigenvalue weighted by molar-refractivity contribution is 0.0524. The largest absolute Gasteiger partial charge is 0.462 e. The molecule has 5 heteroatoms. The smallest absolute Gasteiger partial charge is 0.341 e.